The molecule has 18 heavy (non-hydrogen) atoms. The Kier molecular flexibility index (Phi) is 3.84. The first-order valence-corrected chi connectivity index (χ1v) is 5.47. The smallest absolute Gasteiger partial charge is 0.180 e. The molecule has 0 saturated carbocycles. The van der Waals surface area contributed by atoms with Gasteiger partial charge in [-0.25, -0.2) is 0 Å². The molecule has 0 fully saturated rings. The minimum Gasteiger partial charge on any atom is -0.493 e. The van der Waals surface area contributed by atoms with E-state index >= 15 is 0 Å². The van der Waals surface area contributed by atoms with E-state index in [1.54, 1.807) is 12.1 Å². The maximum atomic E-state index is 10.7. The van der Waals surface area contributed by atoms with Crippen LogP contribution in [0.15, 0.2) is 28.9 Å². The third-order valence-electron chi connectivity index (χ3n) is 2.24. The third-order valence-corrected chi connectivity index (χ3v) is 2.52. The van der Waals surface area contributed by atoms with Crippen LogP contribution >= 0.6 is 11.6 Å². The first kappa shape index (κ1) is 12.4. The number of aromatic nitrogens is 1. The van der Waals surface area contributed by atoms with Crippen LogP contribution in [0.1, 0.15) is 16.1 Å². The molecule has 0 aliphatic heterocycles. The normalized spacial score (nSPS) is 10.1. The number of aldehydes is 1. The lowest BCUT2D eigenvalue weighted by molar-refractivity contribution is 0.112. The van der Waals surface area contributed by atoms with Gasteiger partial charge >= 0.3 is 0 Å². The Morgan fingerprint density at radius 1 is 1.50 bits per heavy atom. The zero-order valence-electron chi connectivity index (χ0n) is 9.55. The van der Waals surface area contributed by atoms with Crippen molar-refractivity contribution in [3.8, 4) is 11.5 Å². The quantitative estimate of drug-likeness (QED) is 0.780. The number of nitrogens with zero attached hydrogens (tertiary/aromatic N) is 1. The Labute approximate surface area is 108 Å². The van der Waals surface area contributed by atoms with Gasteiger partial charge in [0.25, 0.3) is 0 Å². The standard InChI is InChI=1S/C12H10ClNO4/c1-16-11-5-8(6-15)4-10(13)12(11)17-7-9-2-3-14-18-9/h2-6H,7H2,1H3. The second kappa shape index (κ2) is 5.55. The molecule has 94 valence electrons. The topological polar surface area (TPSA) is 61.6 Å². The molecule has 0 radical (unpaired) electrons. The van der Waals surface area contributed by atoms with Crippen molar-refractivity contribution in [2.24, 2.45) is 0 Å². The highest BCUT2D eigenvalue weighted by Gasteiger charge is 2.12. The van der Waals surface area contributed by atoms with Crippen LogP contribution in [-0.2, 0) is 6.61 Å². The summed E-state index contributed by atoms with van der Waals surface area (Å²) in [5.74, 6) is 1.32. The maximum Gasteiger partial charge on any atom is 0.180 e. The number of hydrogen-bond donors (Lipinski definition) is 0. The molecule has 0 amide bonds. The monoisotopic (exact) mass is 267 g/mol. The van der Waals surface area contributed by atoms with Gasteiger partial charge in [-0.15, -0.1) is 0 Å². The Bertz CT molecular complexity index is 539. The lowest BCUT2D eigenvalue weighted by atomic mass is 10.2. The Hall–Kier alpha value is -2.01. The molecule has 0 spiro atoms. The molecular formula is C12H10ClNO4. The SMILES string of the molecule is COc1cc(C=O)cc(Cl)c1OCc1ccno1. The van der Waals surface area contributed by atoms with E-state index in [2.05, 4.69) is 5.16 Å². The molecule has 0 aliphatic carbocycles. The molecule has 2 aromatic rings. The van der Waals surface area contributed by atoms with Crippen LogP contribution in [0.5, 0.6) is 11.5 Å². The number of carbonyl (C=O) groups excluding carboxylic acids is 1. The van der Waals surface area contributed by atoms with Crippen molar-refractivity contribution < 1.29 is 18.8 Å². The van der Waals surface area contributed by atoms with Crippen LogP contribution in [0, 0.1) is 0 Å². The highest BCUT2D eigenvalue weighted by Crippen LogP contribution is 2.36. The summed E-state index contributed by atoms with van der Waals surface area (Å²) in [6.07, 6.45) is 2.21. The van der Waals surface area contributed by atoms with E-state index in [-0.39, 0.29) is 6.61 Å². The van der Waals surface area contributed by atoms with Gasteiger partial charge in [0.2, 0.25) is 0 Å². The zero-order chi connectivity index (χ0) is 13.0. The average Bonchev–Trinajstić information content (AvgIpc) is 2.89. The van der Waals surface area contributed by atoms with Crippen molar-refractivity contribution in [3.05, 3.63) is 40.7 Å². The summed E-state index contributed by atoms with van der Waals surface area (Å²) in [7, 11) is 1.47. The van der Waals surface area contributed by atoms with Crippen LogP contribution in [-0.4, -0.2) is 18.6 Å². The van der Waals surface area contributed by atoms with Crippen molar-refractivity contribution in [2.75, 3.05) is 7.11 Å². The van der Waals surface area contributed by atoms with Crippen LogP contribution < -0.4 is 9.47 Å². The van der Waals surface area contributed by atoms with E-state index in [1.807, 2.05) is 0 Å². The third kappa shape index (κ3) is 2.62. The maximum absolute atomic E-state index is 10.7. The lowest BCUT2D eigenvalue weighted by Gasteiger charge is -2.11. The molecule has 1 aromatic heterocycles. The largest absolute Gasteiger partial charge is 0.493 e. The fourth-order valence-corrected chi connectivity index (χ4v) is 1.68. The number of halogens is 1. The number of hydrogen-bond acceptors (Lipinski definition) is 5. The zero-order valence-corrected chi connectivity index (χ0v) is 10.3. The number of rotatable bonds is 5. The summed E-state index contributed by atoms with van der Waals surface area (Å²) in [5.41, 5.74) is 0.420. The van der Waals surface area contributed by atoms with Gasteiger partial charge in [-0.3, -0.25) is 4.79 Å². The molecule has 5 nitrogen and oxygen atoms in total. The average molecular weight is 268 g/mol. The lowest BCUT2D eigenvalue weighted by Crippen LogP contribution is -1.98. The van der Waals surface area contributed by atoms with Crippen molar-refractivity contribution in [1.82, 2.24) is 5.16 Å². The van der Waals surface area contributed by atoms with Crippen LogP contribution in [0.4, 0.5) is 0 Å². The van der Waals surface area contributed by atoms with Gasteiger partial charge in [0.05, 0.1) is 18.3 Å². The minimum absolute atomic E-state index is 0.177. The van der Waals surface area contributed by atoms with E-state index in [4.69, 9.17) is 25.6 Å². The van der Waals surface area contributed by atoms with Crippen molar-refractivity contribution in [1.29, 1.82) is 0 Å². The summed E-state index contributed by atoms with van der Waals surface area (Å²) in [4.78, 5) is 10.7. The Morgan fingerprint density at radius 2 is 2.33 bits per heavy atom. The van der Waals surface area contributed by atoms with Crippen LogP contribution in [0.25, 0.3) is 0 Å². The Balaban J connectivity index is 2.23. The highest BCUT2D eigenvalue weighted by molar-refractivity contribution is 6.32. The van der Waals surface area contributed by atoms with Gasteiger partial charge in [-0.2, -0.15) is 0 Å². The summed E-state index contributed by atoms with van der Waals surface area (Å²) in [6.45, 7) is 0.177. The minimum atomic E-state index is 0.177. The second-order valence-corrected chi connectivity index (χ2v) is 3.83. The molecule has 2 rings (SSSR count). The number of ether oxygens (including phenoxy) is 2. The van der Waals surface area contributed by atoms with Gasteiger partial charge < -0.3 is 14.0 Å². The number of benzene rings is 1. The summed E-state index contributed by atoms with van der Waals surface area (Å²) >= 11 is 6.02. The fraction of sp³-hybridized carbons (Fsp3) is 0.167. The van der Waals surface area contributed by atoms with Crippen molar-refractivity contribution in [3.63, 3.8) is 0 Å². The Morgan fingerprint density at radius 3 is 2.94 bits per heavy atom. The molecule has 0 N–H and O–H groups in total. The molecular weight excluding hydrogens is 258 g/mol. The molecule has 1 aromatic carbocycles. The molecule has 0 saturated heterocycles. The molecule has 0 aliphatic rings. The van der Waals surface area contributed by atoms with Crippen molar-refractivity contribution >= 4 is 17.9 Å². The fourth-order valence-electron chi connectivity index (χ4n) is 1.41. The first-order valence-electron chi connectivity index (χ1n) is 5.09. The molecule has 1 heterocycles. The van der Waals surface area contributed by atoms with Gasteiger partial charge in [0.15, 0.2) is 17.3 Å². The highest BCUT2D eigenvalue weighted by atomic mass is 35.5. The first-order chi connectivity index (χ1) is 8.74. The molecule has 6 heteroatoms. The second-order valence-electron chi connectivity index (χ2n) is 3.42. The van der Waals surface area contributed by atoms with Gasteiger partial charge in [0, 0.05) is 11.6 Å². The predicted octanol–water partition coefficient (Wildman–Crippen LogP) is 2.73. The molecule has 0 bridgehead atoms. The van der Waals surface area contributed by atoms with Gasteiger partial charge in [0.1, 0.15) is 12.9 Å². The predicted molar refractivity (Wildman–Crippen MR) is 64.2 cm³/mol. The summed E-state index contributed by atoms with van der Waals surface area (Å²) in [6, 6.07) is 4.74. The van der Waals surface area contributed by atoms with Crippen LogP contribution in [0.3, 0.4) is 0 Å². The number of methoxy groups -OCH3 is 1. The summed E-state index contributed by atoms with van der Waals surface area (Å²) in [5, 5.41) is 3.86. The van der Waals surface area contributed by atoms with Gasteiger partial charge in [-0.1, -0.05) is 16.8 Å². The number of carbonyl (C=O) groups is 1. The molecule has 0 atom stereocenters. The van der Waals surface area contributed by atoms with E-state index in [9.17, 15) is 4.79 Å². The summed E-state index contributed by atoms with van der Waals surface area (Å²) < 4.78 is 15.5. The van der Waals surface area contributed by atoms with E-state index in [0.29, 0.717) is 34.1 Å². The van der Waals surface area contributed by atoms with Crippen LogP contribution in [0.2, 0.25) is 5.02 Å². The van der Waals surface area contributed by atoms with E-state index in [0.717, 1.165) is 0 Å². The van der Waals surface area contributed by atoms with E-state index < -0.39 is 0 Å². The molecule has 0 unspecified atom stereocenters. The van der Waals surface area contributed by atoms with Gasteiger partial charge in [-0.05, 0) is 12.1 Å². The van der Waals surface area contributed by atoms with E-state index in [1.165, 1.54) is 19.4 Å². The van der Waals surface area contributed by atoms with Crippen molar-refractivity contribution in [2.45, 2.75) is 6.61 Å².